The van der Waals surface area contributed by atoms with Gasteiger partial charge in [-0.1, -0.05) is 6.07 Å². The second-order valence-electron chi connectivity index (χ2n) is 10.1. The largest absolute Gasteiger partial charge is 0.378 e. The number of hydrogen-bond donors (Lipinski definition) is 2. The average molecular weight is 559 g/mol. The molecule has 2 aromatic carbocycles. The minimum Gasteiger partial charge on any atom is -0.378 e. The Bertz CT molecular complexity index is 1420. The molecule has 1 atom stereocenters. The molecule has 0 radical (unpaired) electrons. The first-order valence-corrected chi connectivity index (χ1v) is 13.2. The van der Waals surface area contributed by atoms with E-state index in [4.69, 9.17) is 16.3 Å². The van der Waals surface area contributed by atoms with E-state index in [0.717, 1.165) is 42.4 Å². The summed E-state index contributed by atoms with van der Waals surface area (Å²) in [6, 6.07) is 7.82. The van der Waals surface area contributed by atoms with Gasteiger partial charge in [0, 0.05) is 42.1 Å². The maximum Gasteiger partial charge on any atom is 0.244 e. The summed E-state index contributed by atoms with van der Waals surface area (Å²) in [6.07, 6.45) is 2.96. The van der Waals surface area contributed by atoms with E-state index in [2.05, 4.69) is 20.6 Å². The monoisotopic (exact) mass is 558 g/mol. The lowest BCUT2D eigenvalue weighted by Gasteiger charge is -2.29. The Morgan fingerprint density at radius 1 is 1.05 bits per heavy atom. The van der Waals surface area contributed by atoms with Gasteiger partial charge in [0.05, 0.1) is 19.4 Å². The lowest BCUT2D eigenvalue weighted by Crippen LogP contribution is -2.37. The molecule has 1 saturated heterocycles. The van der Waals surface area contributed by atoms with Crippen molar-refractivity contribution in [3.05, 3.63) is 59.5 Å². The number of halogens is 4. The van der Waals surface area contributed by atoms with E-state index in [0.29, 0.717) is 38.5 Å². The molecule has 2 fully saturated rings. The van der Waals surface area contributed by atoms with Crippen molar-refractivity contribution in [3.8, 4) is 0 Å². The molecule has 1 spiro atoms. The Morgan fingerprint density at radius 3 is 2.44 bits per heavy atom. The van der Waals surface area contributed by atoms with Gasteiger partial charge >= 0.3 is 0 Å². The van der Waals surface area contributed by atoms with Crippen molar-refractivity contribution in [1.29, 1.82) is 0 Å². The number of carbonyl (C=O) groups is 1. The summed E-state index contributed by atoms with van der Waals surface area (Å²) in [4.78, 5) is 24.1. The van der Waals surface area contributed by atoms with Gasteiger partial charge in [-0.15, -0.1) is 11.6 Å². The number of rotatable bonds is 6. The first kappa shape index (κ1) is 25.7. The molecule has 0 bridgehead atoms. The number of carbonyl (C=O) groups excluding carboxylic acids is 1. The molecule has 2 aliphatic heterocycles. The third kappa shape index (κ3) is 4.85. The van der Waals surface area contributed by atoms with Crippen molar-refractivity contribution in [2.24, 2.45) is 0 Å². The van der Waals surface area contributed by atoms with Crippen LogP contribution in [0.4, 0.5) is 47.7 Å². The van der Waals surface area contributed by atoms with Crippen molar-refractivity contribution in [3.63, 3.8) is 0 Å². The number of fused-ring (bicyclic) bond motifs is 2. The highest BCUT2D eigenvalue weighted by molar-refractivity contribution is 6.32. The zero-order valence-electron chi connectivity index (χ0n) is 21.1. The second kappa shape index (κ2) is 9.87. The van der Waals surface area contributed by atoms with Crippen LogP contribution in [0.2, 0.25) is 0 Å². The third-order valence-electron chi connectivity index (χ3n) is 7.39. The SMILES string of the molecule is CC(Cl)C(=O)N1CC2(CC2)c2ccc(Nc3nc(Nc4cc(F)c(N5CCOCC5)c(F)c4)ncc3F)cc21. The number of nitrogens with zero attached hydrogens (tertiary/aromatic N) is 4. The number of alkyl halides is 1. The molecule has 2 N–H and O–H groups in total. The molecule has 12 heteroatoms. The number of amides is 1. The predicted octanol–water partition coefficient (Wildman–Crippen LogP) is 5.22. The zero-order valence-corrected chi connectivity index (χ0v) is 21.9. The van der Waals surface area contributed by atoms with Crippen molar-refractivity contribution < 1.29 is 22.7 Å². The van der Waals surface area contributed by atoms with E-state index in [1.165, 1.54) is 0 Å². The molecular weight excluding hydrogens is 533 g/mol. The first-order valence-electron chi connectivity index (χ1n) is 12.7. The van der Waals surface area contributed by atoms with Crippen molar-refractivity contribution in [2.75, 3.05) is 53.3 Å². The van der Waals surface area contributed by atoms with Crippen LogP contribution in [0.1, 0.15) is 25.3 Å². The van der Waals surface area contributed by atoms with Gasteiger partial charge in [0.25, 0.3) is 0 Å². The second-order valence-corrected chi connectivity index (χ2v) is 10.7. The van der Waals surface area contributed by atoms with Gasteiger partial charge in [0.15, 0.2) is 23.3 Å². The zero-order chi connectivity index (χ0) is 27.3. The highest BCUT2D eigenvalue weighted by atomic mass is 35.5. The van der Waals surface area contributed by atoms with Crippen molar-refractivity contribution >= 4 is 52.0 Å². The van der Waals surface area contributed by atoms with Gasteiger partial charge in [0.1, 0.15) is 11.1 Å². The summed E-state index contributed by atoms with van der Waals surface area (Å²) in [7, 11) is 0. The van der Waals surface area contributed by atoms with E-state index in [9.17, 15) is 18.0 Å². The van der Waals surface area contributed by atoms with Crippen LogP contribution < -0.4 is 20.4 Å². The highest BCUT2D eigenvalue weighted by Gasteiger charge is 2.53. The molecule has 1 aliphatic carbocycles. The molecule has 1 aromatic heterocycles. The van der Waals surface area contributed by atoms with Crippen LogP contribution in [-0.4, -0.2) is 54.1 Å². The van der Waals surface area contributed by atoms with Crippen molar-refractivity contribution in [2.45, 2.75) is 30.6 Å². The lowest BCUT2D eigenvalue weighted by molar-refractivity contribution is -0.118. The topological polar surface area (TPSA) is 82.6 Å². The summed E-state index contributed by atoms with van der Waals surface area (Å²) in [5.41, 5.74) is 2.27. The van der Waals surface area contributed by atoms with Gasteiger partial charge in [0.2, 0.25) is 11.9 Å². The standard InChI is InChI=1S/C27H26ClF3N6O2/c1-15(28)25(38)37-14-27(4-5-27)18-3-2-16(12-22(18)37)33-24-21(31)13-32-26(35-24)34-17-10-19(29)23(20(30)11-17)36-6-8-39-9-7-36/h2-3,10-13,15H,4-9,14H2,1H3,(H2,32,33,34,35). The third-order valence-corrected chi connectivity index (χ3v) is 7.57. The molecule has 3 heterocycles. The molecule has 1 amide bonds. The highest BCUT2D eigenvalue weighted by Crippen LogP contribution is 2.57. The first-order chi connectivity index (χ1) is 18.7. The van der Waals surface area contributed by atoms with Crippen LogP contribution in [0.5, 0.6) is 0 Å². The molecule has 1 saturated carbocycles. The number of morpholine rings is 1. The number of aromatic nitrogens is 2. The maximum absolute atomic E-state index is 14.8. The molecule has 3 aliphatic rings. The fraction of sp³-hybridized carbons (Fsp3) is 0.370. The van der Waals surface area contributed by atoms with Crippen molar-refractivity contribution in [1.82, 2.24) is 9.97 Å². The Labute approximate surface area is 228 Å². The minimum absolute atomic E-state index is 0.0333. The number of ether oxygens (including phenoxy) is 1. The van der Waals surface area contributed by atoms with E-state index in [1.54, 1.807) is 28.9 Å². The summed E-state index contributed by atoms with van der Waals surface area (Å²) < 4.78 is 49.6. The summed E-state index contributed by atoms with van der Waals surface area (Å²) in [6.45, 7) is 3.78. The van der Waals surface area contributed by atoms with Crippen LogP contribution >= 0.6 is 11.6 Å². The Kier molecular flexibility index (Phi) is 6.50. The molecular formula is C27H26ClF3N6O2. The number of anilines is 6. The summed E-state index contributed by atoms with van der Waals surface area (Å²) in [5, 5.41) is 5.01. The Morgan fingerprint density at radius 2 is 1.77 bits per heavy atom. The van der Waals surface area contributed by atoms with E-state index in [1.807, 2.05) is 6.07 Å². The van der Waals surface area contributed by atoms with Gasteiger partial charge in [-0.3, -0.25) is 4.79 Å². The number of nitrogens with one attached hydrogen (secondary N) is 2. The predicted molar refractivity (Wildman–Crippen MR) is 143 cm³/mol. The molecule has 3 aromatic rings. The van der Waals surface area contributed by atoms with Gasteiger partial charge in [-0.2, -0.15) is 4.98 Å². The maximum atomic E-state index is 14.8. The smallest absolute Gasteiger partial charge is 0.244 e. The van der Waals surface area contributed by atoms with E-state index in [-0.39, 0.29) is 34.5 Å². The van der Waals surface area contributed by atoms with Gasteiger partial charge < -0.3 is 25.2 Å². The van der Waals surface area contributed by atoms with Crippen LogP contribution in [0.15, 0.2) is 36.5 Å². The molecule has 39 heavy (non-hydrogen) atoms. The molecule has 6 rings (SSSR count). The Balaban J connectivity index is 1.23. The summed E-state index contributed by atoms with van der Waals surface area (Å²) >= 11 is 6.10. The number of benzene rings is 2. The van der Waals surface area contributed by atoms with Gasteiger partial charge in [-0.25, -0.2) is 18.2 Å². The van der Waals surface area contributed by atoms with Crippen LogP contribution in [0, 0.1) is 17.5 Å². The lowest BCUT2D eigenvalue weighted by atomic mass is 9.98. The van der Waals surface area contributed by atoms with Crippen LogP contribution in [-0.2, 0) is 14.9 Å². The Hall–Kier alpha value is -3.57. The minimum atomic E-state index is -0.739. The molecule has 204 valence electrons. The van der Waals surface area contributed by atoms with Crippen LogP contribution in [0.3, 0.4) is 0 Å². The fourth-order valence-electron chi connectivity index (χ4n) is 5.25. The quantitative estimate of drug-likeness (QED) is 0.401. The normalized spacial score (nSPS) is 18.2. The molecule has 1 unspecified atom stereocenters. The van der Waals surface area contributed by atoms with Gasteiger partial charge in [-0.05, 0) is 49.6 Å². The fourth-order valence-corrected chi connectivity index (χ4v) is 5.37. The van der Waals surface area contributed by atoms with E-state index >= 15 is 0 Å². The average Bonchev–Trinajstić information content (AvgIpc) is 3.62. The van der Waals surface area contributed by atoms with Crippen LogP contribution in [0.25, 0.3) is 0 Å². The van der Waals surface area contributed by atoms with E-state index < -0.39 is 22.8 Å². The molecule has 8 nitrogen and oxygen atoms in total. The number of hydrogen-bond acceptors (Lipinski definition) is 7. The summed E-state index contributed by atoms with van der Waals surface area (Å²) in [5.74, 6) is -2.57.